The molecule has 2 heterocycles. The first-order chi connectivity index (χ1) is 10.1. The fourth-order valence-electron chi connectivity index (χ4n) is 1.82. The molecule has 116 valence electrons. The SMILES string of the molecule is NCCCn1cc(S(=O)(=O)NCCCn2cccn2)cn1. The van der Waals surface area contributed by atoms with Crippen molar-refractivity contribution in [3.63, 3.8) is 0 Å². The minimum atomic E-state index is -3.50. The molecule has 0 aliphatic heterocycles. The molecule has 0 saturated carbocycles. The van der Waals surface area contributed by atoms with Gasteiger partial charge in [0.05, 0.1) is 6.20 Å². The zero-order chi connectivity index (χ0) is 15.1. The van der Waals surface area contributed by atoms with Crippen LogP contribution in [0.3, 0.4) is 0 Å². The molecule has 8 nitrogen and oxygen atoms in total. The van der Waals surface area contributed by atoms with Crippen LogP contribution >= 0.6 is 0 Å². The van der Waals surface area contributed by atoms with Crippen LogP contribution in [0, 0.1) is 0 Å². The lowest BCUT2D eigenvalue weighted by Crippen LogP contribution is -2.25. The minimum absolute atomic E-state index is 0.179. The average Bonchev–Trinajstić information content (AvgIpc) is 3.13. The number of hydrogen-bond acceptors (Lipinski definition) is 5. The fraction of sp³-hybridized carbons (Fsp3) is 0.500. The van der Waals surface area contributed by atoms with Crippen LogP contribution in [0.5, 0.6) is 0 Å². The second kappa shape index (κ2) is 7.34. The Bertz CT molecular complexity index is 635. The van der Waals surface area contributed by atoms with Crippen molar-refractivity contribution < 1.29 is 8.42 Å². The summed E-state index contributed by atoms with van der Waals surface area (Å²) in [5.74, 6) is 0. The van der Waals surface area contributed by atoms with E-state index in [0.717, 1.165) is 6.42 Å². The van der Waals surface area contributed by atoms with Crippen LogP contribution in [0.15, 0.2) is 35.7 Å². The van der Waals surface area contributed by atoms with E-state index in [0.29, 0.717) is 32.6 Å². The number of sulfonamides is 1. The normalized spacial score (nSPS) is 11.9. The van der Waals surface area contributed by atoms with Crippen molar-refractivity contribution >= 4 is 10.0 Å². The van der Waals surface area contributed by atoms with Crippen molar-refractivity contribution in [3.05, 3.63) is 30.9 Å². The van der Waals surface area contributed by atoms with Crippen molar-refractivity contribution in [3.8, 4) is 0 Å². The Labute approximate surface area is 124 Å². The first-order valence-corrected chi connectivity index (χ1v) is 8.30. The van der Waals surface area contributed by atoms with Gasteiger partial charge in [0.25, 0.3) is 0 Å². The summed E-state index contributed by atoms with van der Waals surface area (Å²) < 4.78 is 30.0. The van der Waals surface area contributed by atoms with E-state index in [1.165, 1.54) is 12.4 Å². The highest BCUT2D eigenvalue weighted by Gasteiger charge is 2.15. The number of rotatable bonds is 9. The molecule has 0 aromatic carbocycles. The Balaban J connectivity index is 1.82. The third kappa shape index (κ3) is 4.66. The maximum atomic E-state index is 12.1. The number of nitrogens with two attached hydrogens (primary N) is 1. The number of aryl methyl sites for hydroxylation is 2. The summed E-state index contributed by atoms with van der Waals surface area (Å²) in [6.45, 7) is 2.19. The maximum Gasteiger partial charge on any atom is 0.243 e. The molecule has 0 unspecified atom stereocenters. The predicted molar refractivity (Wildman–Crippen MR) is 77.9 cm³/mol. The van der Waals surface area contributed by atoms with Gasteiger partial charge in [-0.1, -0.05) is 0 Å². The average molecular weight is 312 g/mol. The van der Waals surface area contributed by atoms with Gasteiger partial charge in [-0.15, -0.1) is 0 Å². The topological polar surface area (TPSA) is 108 Å². The van der Waals surface area contributed by atoms with Crippen LogP contribution < -0.4 is 10.5 Å². The van der Waals surface area contributed by atoms with E-state index in [9.17, 15) is 8.42 Å². The summed E-state index contributed by atoms with van der Waals surface area (Å²) in [5.41, 5.74) is 5.41. The van der Waals surface area contributed by atoms with Gasteiger partial charge in [0, 0.05) is 38.2 Å². The van der Waals surface area contributed by atoms with Crippen molar-refractivity contribution in [2.24, 2.45) is 5.73 Å². The quantitative estimate of drug-likeness (QED) is 0.623. The molecule has 0 aliphatic rings. The van der Waals surface area contributed by atoms with Crippen molar-refractivity contribution in [2.75, 3.05) is 13.1 Å². The third-order valence-electron chi connectivity index (χ3n) is 2.93. The predicted octanol–water partition coefficient (Wildman–Crippen LogP) is -0.203. The van der Waals surface area contributed by atoms with E-state index in [2.05, 4.69) is 14.9 Å². The molecule has 0 aliphatic carbocycles. The van der Waals surface area contributed by atoms with E-state index in [1.54, 1.807) is 15.6 Å². The Kier molecular flexibility index (Phi) is 5.48. The van der Waals surface area contributed by atoms with Crippen LogP contribution in [-0.2, 0) is 23.1 Å². The lowest BCUT2D eigenvalue weighted by molar-refractivity contribution is 0.552. The number of nitrogens with one attached hydrogen (secondary N) is 1. The molecule has 0 amide bonds. The van der Waals surface area contributed by atoms with Crippen molar-refractivity contribution in [1.29, 1.82) is 0 Å². The number of nitrogens with zero attached hydrogens (tertiary/aromatic N) is 4. The lowest BCUT2D eigenvalue weighted by atomic mass is 10.4. The van der Waals surface area contributed by atoms with E-state index in [4.69, 9.17) is 5.73 Å². The minimum Gasteiger partial charge on any atom is -0.330 e. The van der Waals surface area contributed by atoms with Crippen molar-refractivity contribution in [2.45, 2.75) is 30.8 Å². The largest absolute Gasteiger partial charge is 0.330 e. The maximum absolute atomic E-state index is 12.1. The number of hydrogen-bond donors (Lipinski definition) is 2. The Morgan fingerprint density at radius 3 is 2.71 bits per heavy atom. The molecule has 2 rings (SSSR count). The standard InChI is InChI=1S/C12H20N6O2S/c13-4-1-7-18-11-12(10-15-18)21(19,20)16-6-3-9-17-8-2-5-14-17/h2,5,8,10-11,16H,1,3-4,6-7,9,13H2. The van der Waals surface area contributed by atoms with Crippen LogP contribution in [0.4, 0.5) is 0 Å². The Hall–Kier alpha value is -1.71. The summed E-state index contributed by atoms with van der Waals surface area (Å²) in [6.07, 6.45) is 7.84. The van der Waals surface area contributed by atoms with Gasteiger partial charge in [-0.25, -0.2) is 13.1 Å². The van der Waals surface area contributed by atoms with Crippen LogP contribution in [0.1, 0.15) is 12.8 Å². The molecule has 0 atom stereocenters. The van der Waals surface area contributed by atoms with Crippen LogP contribution in [-0.4, -0.2) is 41.1 Å². The van der Waals surface area contributed by atoms with E-state index in [1.807, 2.05) is 12.3 Å². The molecule has 0 spiro atoms. The van der Waals surface area contributed by atoms with Gasteiger partial charge in [-0.3, -0.25) is 9.36 Å². The highest BCUT2D eigenvalue weighted by Crippen LogP contribution is 2.07. The van der Waals surface area contributed by atoms with E-state index < -0.39 is 10.0 Å². The van der Waals surface area contributed by atoms with Gasteiger partial charge >= 0.3 is 0 Å². The smallest absolute Gasteiger partial charge is 0.243 e. The van der Waals surface area contributed by atoms with Crippen LogP contribution in [0.2, 0.25) is 0 Å². The summed E-state index contributed by atoms with van der Waals surface area (Å²) in [6, 6.07) is 1.83. The summed E-state index contributed by atoms with van der Waals surface area (Å²) in [5, 5.41) is 8.07. The Morgan fingerprint density at radius 2 is 2.00 bits per heavy atom. The second-order valence-electron chi connectivity index (χ2n) is 4.60. The van der Waals surface area contributed by atoms with Gasteiger partial charge in [0.15, 0.2) is 0 Å². The first-order valence-electron chi connectivity index (χ1n) is 6.81. The molecule has 2 aromatic rings. The molecular weight excluding hydrogens is 292 g/mol. The highest BCUT2D eigenvalue weighted by molar-refractivity contribution is 7.89. The van der Waals surface area contributed by atoms with Crippen LogP contribution in [0.25, 0.3) is 0 Å². The molecule has 0 saturated heterocycles. The summed E-state index contributed by atoms with van der Waals surface area (Å²) >= 11 is 0. The monoisotopic (exact) mass is 312 g/mol. The van der Waals surface area contributed by atoms with Gasteiger partial charge in [0.2, 0.25) is 10.0 Å². The molecule has 21 heavy (non-hydrogen) atoms. The van der Waals surface area contributed by atoms with E-state index in [-0.39, 0.29) is 4.90 Å². The van der Waals surface area contributed by atoms with Gasteiger partial charge in [-0.05, 0) is 25.5 Å². The molecule has 0 fully saturated rings. The molecule has 3 N–H and O–H groups in total. The summed E-state index contributed by atoms with van der Waals surface area (Å²) in [7, 11) is -3.50. The Morgan fingerprint density at radius 1 is 1.19 bits per heavy atom. The van der Waals surface area contributed by atoms with Crippen molar-refractivity contribution in [1.82, 2.24) is 24.3 Å². The molecule has 2 aromatic heterocycles. The number of aromatic nitrogens is 4. The highest BCUT2D eigenvalue weighted by atomic mass is 32.2. The molecule has 0 bridgehead atoms. The summed E-state index contributed by atoms with van der Waals surface area (Å²) in [4.78, 5) is 0.179. The molecular formula is C12H20N6O2S. The third-order valence-corrected chi connectivity index (χ3v) is 4.34. The van der Waals surface area contributed by atoms with E-state index >= 15 is 0 Å². The van der Waals surface area contributed by atoms with Gasteiger partial charge < -0.3 is 5.73 Å². The zero-order valence-electron chi connectivity index (χ0n) is 11.7. The van der Waals surface area contributed by atoms with Gasteiger partial charge in [-0.2, -0.15) is 10.2 Å². The fourth-order valence-corrected chi connectivity index (χ4v) is 2.85. The zero-order valence-corrected chi connectivity index (χ0v) is 12.5. The first kappa shape index (κ1) is 15.7. The molecule has 9 heteroatoms. The molecule has 0 radical (unpaired) electrons. The lowest BCUT2D eigenvalue weighted by Gasteiger charge is -2.05. The second-order valence-corrected chi connectivity index (χ2v) is 6.37. The van der Waals surface area contributed by atoms with Gasteiger partial charge in [0.1, 0.15) is 4.90 Å².